The summed E-state index contributed by atoms with van der Waals surface area (Å²) in [6.45, 7) is 1.86. The summed E-state index contributed by atoms with van der Waals surface area (Å²) >= 11 is 4.16. The Morgan fingerprint density at radius 2 is 1.64 bits per heavy atom. The summed E-state index contributed by atoms with van der Waals surface area (Å²) in [7, 11) is 0. The van der Waals surface area contributed by atoms with Crippen LogP contribution < -0.4 is 17.2 Å². The Balaban J connectivity index is 3.68. The van der Waals surface area contributed by atoms with Crippen LogP contribution in [-0.2, 0) is 0 Å². The third kappa shape index (κ3) is 1.76. The largest absolute Gasteiger partial charge is 0.397 e. The zero-order valence-electron chi connectivity index (χ0n) is 7.40. The predicted molar refractivity (Wildman–Crippen MR) is 74.0 cm³/mol. The summed E-state index contributed by atoms with van der Waals surface area (Å²) in [5.41, 5.74) is 18.6. The van der Waals surface area contributed by atoms with Gasteiger partial charge in [0.1, 0.15) is 0 Å². The number of nitrogen functional groups attached to an aromatic ring is 2. The molecule has 0 fully saturated rings. The molecule has 1 aromatic carbocycles. The summed E-state index contributed by atoms with van der Waals surface area (Å²) in [4.78, 5) is 11.1. The molecule has 0 bridgehead atoms. The first-order valence-electron chi connectivity index (χ1n) is 3.70. The Hall–Kier alpha value is -0.250. The molecule has 0 aliphatic heterocycles. The monoisotopic (exact) mass is 417 g/mol. The number of hydrogen-bond donors (Lipinski definition) is 3. The Labute approximate surface area is 109 Å². The van der Waals surface area contributed by atoms with Crippen molar-refractivity contribution in [2.24, 2.45) is 5.73 Å². The second kappa shape index (κ2) is 4.09. The third-order valence-electron chi connectivity index (χ3n) is 1.95. The average molecular weight is 417 g/mol. The molecule has 1 rings (SSSR count). The second-order valence-electron chi connectivity index (χ2n) is 2.82. The molecule has 0 spiro atoms. The van der Waals surface area contributed by atoms with Crippen LogP contribution in [0.3, 0.4) is 0 Å². The van der Waals surface area contributed by atoms with Crippen LogP contribution >= 0.6 is 45.2 Å². The zero-order valence-corrected chi connectivity index (χ0v) is 11.7. The topological polar surface area (TPSA) is 95.1 Å². The fraction of sp³-hybridized carbons (Fsp3) is 0.125. The summed E-state index contributed by atoms with van der Waals surface area (Å²) < 4.78 is 1.68. The van der Waals surface area contributed by atoms with E-state index in [-0.39, 0.29) is 5.69 Å². The molecule has 76 valence electrons. The molecule has 6 heteroatoms. The second-order valence-corrected chi connectivity index (χ2v) is 4.98. The SMILES string of the molecule is Cc1c(N)c(N)c(C(N)=O)c(I)c1I. The number of anilines is 2. The molecule has 0 atom stereocenters. The highest BCUT2D eigenvalue weighted by atomic mass is 127. The molecule has 0 heterocycles. The van der Waals surface area contributed by atoms with Gasteiger partial charge in [-0.25, -0.2) is 0 Å². The maximum absolute atomic E-state index is 11.1. The molecule has 0 aromatic heterocycles. The van der Waals surface area contributed by atoms with Crippen LogP contribution in [0.1, 0.15) is 15.9 Å². The van der Waals surface area contributed by atoms with Gasteiger partial charge in [-0.15, -0.1) is 0 Å². The Bertz CT molecular complexity index is 389. The molecule has 0 aliphatic carbocycles. The van der Waals surface area contributed by atoms with Crippen molar-refractivity contribution in [3.63, 3.8) is 0 Å². The summed E-state index contributed by atoms with van der Waals surface area (Å²) in [6.07, 6.45) is 0. The van der Waals surface area contributed by atoms with Crippen LogP contribution in [0.5, 0.6) is 0 Å². The van der Waals surface area contributed by atoms with Gasteiger partial charge >= 0.3 is 0 Å². The molecular formula is C8H9I2N3O. The van der Waals surface area contributed by atoms with Gasteiger partial charge in [-0.05, 0) is 57.7 Å². The van der Waals surface area contributed by atoms with Gasteiger partial charge in [0.15, 0.2) is 0 Å². The van der Waals surface area contributed by atoms with Crippen LogP contribution in [0.15, 0.2) is 0 Å². The van der Waals surface area contributed by atoms with Crippen LogP contribution in [0.25, 0.3) is 0 Å². The van der Waals surface area contributed by atoms with Gasteiger partial charge in [-0.3, -0.25) is 4.79 Å². The summed E-state index contributed by atoms with van der Waals surface area (Å²) in [6, 6.07) is 0. The van der Waals surface area contributed by atoms with Crippen LogP contribution in [0, 0.1) is 14.1 Å². The van der Waals surface area contributed by atoms with Crippen molar-refractivity contribution >= 4 is 62.5 Å². The highest BCUT2D eigenvalue weighted by Gasteiger charge is 2.18. The first-order valence-corrected chi connectivity index (χ1v) is 5.86. The number of amides is 1. The van der Waals surface area contributed by atoms with Crippen molar-refractivity contribution in [2.45, 2.75) is 6.92 Å². The maximum atomic E-state index is 11.1. The molecule has 0 unspecified atom stereocenters. The van der Waals surface area contributed by atoms with E-state index in [2.05, 4.69) is 22.6 Å². The average Bonchev–Trinajstić information content (AvgIpc) is 2.11. The highest BCUT2D eigenvalue weighted by molar-refractivity contribution is 14.1. The van der Waals surface area contributed by atoms with E-state index in [1.807, 2.05) is 29.5 Å². The predicted octanol–water partition coefficient (Wildman–Crippen LogP) is 1.47. The molecule has 0 aliphatic rings. The summed E-state index contributed by atoms with van der Waals surface area (Å²) in [5, 5.41) is 0. The van der Waals surface area contributed by atoms with Gasteiger partial charge in [0.25, 0.3) is 5.91 Å². The van der Waals surface area contributed by atoms with Crippen molar-refractivity contribution < 1.29 is 4.79 Å². The van der Waals surface area contributed by atoms with Crippen molar-refractivity contribution in [3.05, 3.63) is 18.3 Å². The number of primary amides is 1. The molecule has 0 saturated heterocycles. The van der Waals surface area contributed by atoms with Crippen molar-refractivity contribution in [1.29, 1.82) is 0 Å². The van der Waals surface area contributed by atoms with Crippen LogP contribution in [0.4, 0.5) is 11.4 Å². The van der Waals surface area contributed by atoms with Crippen LogP contribution in [-0.4, -0.2) is 5.91 Å². The molecule has 14 heavy (non-hydrogen) atoms. The minimum Gasteiger partial charge on any atom is -0.397 e. The quantitative estimate of drug-likeness (QED) is 0.477. The van der Waals surface area contributed by atoms with E-state index < -0.39 is 5.91 Å². The Kier molecular flexibility index (Phi) is 3.45. The van der Waals surface area contributed by atoms with Gasteiger partial charge in [0.05, 0.1) is 16.9 Å². The number of hydrogen-bond acceptors (Lipinski definition) is 3. The fourth-order valence-corrected chi connectivity index (χ4v) is 2.61. The zero-order chi connectivity index (χ0) is 11.0. The number of halogens is 2. The van der Waals surface area contributed by atoms with Gasteiger partial charge in [0, 0.05) is 7.14 Å². The molecule has 0 saturated carbocycles. The van der Waals surface area contributed by atoms with E-state index in [0.717, 1.165) is 12.7 Å². The first kappa shape index (κ1) is 11.8. The molecule has 4 nitrogen and oxygen atoms in total. The lowest BCUT2D eigenvalue weighted by atomic mass is 10.1. The third-order valence-corrected chi connectivity index (χ3v) is 5.41. The van der Waals surface area contributed by atoms with Gasteiger partial charge in [-0.1, -0.05) is 0 Å². The van der Waals surface area contributed by atoms with Crippen LogP contribution in [0.2, 0.25) is 0 Å². The van der Waals surface area contributed by atoms with E-state index in [4.69, 9.17) is 17.2 Å². The lowest BCUT2D eigenvalue weighted by Crippen LogP contribution is -2.18. The van der Waals surface area contributed by atoms with Gasteiger partial charge in [0.2, 0.25) is 0 Å². The molecule has 6 N–H and O–H groups in total. The normalized spacial score (nSPS) is 10.2. The minimum atomic E-state index is -0.545. The van der Waals surface area contributed by atoms with Gasteiger partial charge < -0.3 is 17.2 Å². The molecular weight excluding hydrogens is 408 g/mol. The molecule has 1 amide bonds. The number of rotatable bonds is 1. The highest BCUT2D eigenvalue weighted by Crippen LogP contribution is 2.33. The van der Waals surface area contributed by atoms with E-state index in [9.17, 15) is 4.79 Å². The van der Waals surface area contributed by atoms with Crippen molar-refractivity contribution in [1.82, 2.24) is 0 Å². The smallest absolute Gasteiger partial charge is 0.251 e. The lowest BCUT2D eigenvalue weighted by Gasteiger charge is -2.13. The summed E-state index contributed by atoms with van der Waals surface area (Å²) in [5.74, 6) is -0.545. The van der Waals surface area contributed by atoms with E-state index >= 15 is 0 Å². The Morgan fingerprint density at radius 1 is 1.14 bits per heavy atom. The standard InChI is InChI=1S/C8H9I2N3O/c1-2-4(9)5(10)3(8(13)14)7(12)6(2)11/h11-12H2,1H3,(H2,13,14). The number of carbonyl (C=O) groups excluding carboxylic acids is 1. The van der Waals surface area contributed by atoms with E-state index in [1.165, 1.54) is 0 Å². The van der Waals surface area contributed by atoms with Crippen molar-refractivity contribution in [3.8, 4) is 0 Å². The number of nitrogens with two attached hydrogens (primary N) is 3. The van der Waals surface area contributed by atoms with Gasteiger partial charge in [-0.2, -0.15) is 0 Å². The number of benzene rings is 1. The maximum Gasteiger partial charge on any atom is 0.251 e. The first-order chi connectivity index (χ1) is 6.37. The minimum absolute atomic E-state index is 0.278. The van der Waals surface area contributed by atoms with E-state index in [1.54, 1.807) is 0 Å². The fourth-order valence-electron chi connectivity index (χ4n) is 1.09. The Morgan fingerprint density at radius 3 is 2.07 bits per heavy atom. The van der Waals surface area contributed by atoms with Crippen molar-refractivity contribution in [2.75, 3.05) is 11.5 Å². The lowest BCUT2D eigenvalue weighted by molar-refractivity contribution is 0.100. The number of carbonyl (C=O) groups is 1. The molecule has 0 radical (unpaired) electrons. The van der Waals surface area contributed by atoms with E-state index in [0.29, 0.717) is 11.3 Å². The molecule has 1 aromatic rings.